The number of hydrogen-bond donors (Lipinski definition) is 1. The SMILES string of the molecule is O=C(CSc1ccc(N2CCCC2)nn1)Nc1ccc(F)c(Cl)c1. The van der Waals surface area contributed by atoms with Crippen LogP contribution < -0.4 is 10.2 Å². The van der Waals surface area contributed by atoms with Gasteiger partial charge in [0.15, 0.2) is 5.82 Å². The summed E-state index contributed by atoms with van der Waals surface area (Å²) in [7, 11) is 0. The van der Waals surface area contributed by atoms with Crippen molar-refractivity contribution in [2.75, 3.05) is 29.1 Å². The summed E-state index contributed by atoms with van der Waals surface area (Å²) in [6.07, 6.45) is 2.37. The van der Waals surface area contributed by atoms with Crippen LogP contribution in [0.15, 0.2) is 35.4 Å². The van der Waals surface area contributed by atoms with Gasteiger partial charge >= 0.3 is 0 Å². The smallest absolute Gasteiger partial charge is 0.234 e. The van der Waals surface area contributed by atoms with E-state index in [0.29, 0.717) is 10.7 Å². The Balaban J connectivity index is 1.51. The summed E-state index contributed by atoms with van der Waals surface area (Å²) in [6, 6.07) is 7.86. The lowest BCUT2D eigenvalue weighted by molar-refractivity contribution is -0.113. The number of benzene rings is 1. The summed E-state index contributed by atoms with van der Waals surface area (Å²) < 4.78 is 13.1. The van der Waals surface area contributed by atoms with Gasteiger partial charge in [-0.25, -0.2) is 4.39 Å². The van der Waals surface area contributed by atoms with E-state index >= 15 is 0 Å². The molecule has 2 heterocycles. The molecule has 24 heavy (non-hydrogen) atoms. The van der Waals surface area contributed by atoms with Gasteiger partial charge in [0.2, 0.25) is 5.91 Å². The Morgan fingerprint density at radius 1 is 1.25 bits per heavy atom. The van der Waals surface area contributed by atoms with Gasteiger partial charge in [-0.05, 0) is 43.2 Å². The molecule has 1 saturated heterocycles. The first-order valence-electron chi connectivity index (χ1n) is 7.58. The van der Waals surface area contributed by atoms with Crippen molar-refractivity contribution < 1.29 is 9.18 Å². The number of rotatable bonds is 5. The van der Waals surface area contributed by atoms with Crippen LogP contribution in [0.2, 0.25) is 5.02 Å². The highest BCUT2D eigenvalue weighted by Gasteiger charge is 2.14. The van der Waals surface area contributed by atoms with Crippen LogP contribution in [0.5, 0.6) is 0 Å². The molecule has 1 amide bonds. The fourth-order valence-electron chi connectivity index (χ4n) is 2.42. The molecule has 1 N–H and O–H groups in total. The minimum absolute atomic E-state index is 0.0242. The first-order valence-corrected chi connectivity index (χ1v) is 8.94. The van der Waals surface area contributed by atoms with Crippen LogP contribution >= 0.6 is 23.4 Å². The number of halogens is 2. The molecule has 1 aliphatic rings. The molecule has 0 atom stereocenters. The topological polar surface area (TPSA) is 58.1 Å². The molecule has 0 spiro atoms. The molecule has 0 aliphatic carbocycles. The summed E-state index contributed by atoms with van der Waals surface area (Å²) >= 11 is 6.98. The zero-order chi connectivity index (χ0) is 16.9. The highest BCUT2D eigenvalue weighted by Crippen LogP contribution is 2.22. The zero-order valence-corrected chi connectivity index (χ0v) is 14.4. The molecule has 8 heteroatoms. The van der Waals surface area contributed by atoms with Gasteiger partial charge in [-0.2, -0.15) is 0 Å². The fraction of sp³-hybridized carbons (Fsp3) is 0.312. The molecule has 0 radical (unpaired) electrons. The second-order valence-electron chi connectivity index (χ2n) is 5.39. The number of carbonyl (C=O) groups excluding carboxylic acids is 1. The minimum atomic E-state index is -0.516. The van der Waals surface area contributed by atoms with E-state index in [4.69, 9.17) is 11.6 Å². The molecule has 1 aliphatic heterocycles. The van der Waals surface area contributed by atoms with E-state index < -0.39 is 5.82 Å². The number of hydrogen-bond acceptors (Lipinski definition) is 5. The molecule has 126 valence electrons. The van der Waals surface area contributed by atoms with E-state index in [1.807, 2.05) is 12.1 Å². The summed E-state index contributed by atoms with van der Waals surface area (Å²) in [5.74, 6) is 0.333. The maximum atomic E-state index is 13.1. The predicted molar refractivity (Wildman–Crippen MR) is 94.2 cm³/mol. The van der Waals surface area contributed by atoms with E-state index in [9.17, 15) is 9.18 Å². The second-order valence-corrected chi connectivity index (χ2v) is 6.79. The van der Waals surface area contributed by atoms with Crippen molar-refractivity contribution in [1.29, 1.82) is 0 Å². The molecule has 1 aromatic heterocycles. The van der Waals surface area contributed by atoms with Gasteiger partial charge in [0.05, 0.1) is 10.8 Å². The number of nitrogens with zero attached hydrogens (tertiary/aromatic N) is 3. The quantitative estimate of drug-likeness (QED) is 0.819. The molecular weight excluding hydrogens is 351 g/mol. The third kappa shape index (κ3) is 4.36. The molecule has 2 aromatic rings. The number of carbonyl (C=O) groups is 1. The molecule has 1 aromatic carbocycles. The van der Waals surface area contributed by atoms with Crippen LogP contribution in [0.4, 0.5) is 15.9 Å². The third-order valence-corrected chi connectivity index (χ3v) is 4.82. The molecule has 5 nitrogen and oxygen atoms in total. The van der Waals surface area contributed by atoms with Crippen LogP contribution in [-0.2, 0) is 4.79 Å². The summed E-state index contributed by atoms with van der Waals surface area (Å²) in [6.45, 7) is 2.04. The monoisotopic (exact) mass is 366 g/mol. The van der Waals surface area contributed by atoms with E-state index in [2.05, 4.69) is 20.4 Å². The normalized spacial score (nSPS) is 14.0. The molecule has 0 unspecified atom stereocenters. The highest BCUT2D eigenvalue weighted by atomic mass is 35.5. The van der Waals surface area contributed by atoms with E-state index in [0.717, 1.165) is 18.9 Å². The average Bonchev–Trinajstić information content (AvgIpc) is 3.11. The summed E-state index contributed by atoms with van der Waals surface area (Å²) in [5, 5.41) is 11.7. The van der Waals surface area contributed by atoms with Gasteiger partial charge < -0.3 is 10.2 Å². The fourth-order valence-corrected chi connectivity index (χ4v) is 3.21. The summed E-state index contributed by atoms with van der Waals surface area (Å²) in [4.78, 5) is 14.1. The van der Waals surface area contributed by atoms with Crippen molar-refractivity contribution >= 4 is 40.8 Å². The van der Waals surface area contributed by atoms with Crippen molar-refractivity contribution in [1.82, 2.24) is 10.2 Å². The number of nitrogens with one attached hydrogen (secondary N) is 1. The highest BCUT2D eigenvalue weighted by molar-refractivity contribution is 7.99. The molecule has 0 saturated carbocycles. The van der Waals surface area contributed by atoms with Gasteiger partial charge in [0.1, 0.15) is 10.8 Å². The first-order chi connectivity index (χ1) is 11.6. The van der Waals surface area contributed by atoms with Gasteiger partial charge in [0.25, 0.3) is 0 Å². The van der Waals surface area contributed by atoms with Gasteiger partial charge in [-0.15, -0.1) is 10.2 Å². The van der Waals surface area contributed by atoms with Crippen molar-refractivity contribution in [3.63, 3.8) is 0 Å². The van der Waals surface area contributed by atoms with Gasteiger partial charge in [-0.3, -0.25) is 4.79 Å². The molecule has 0 bridgehead atoms. The van der Waals surface area contributed by atoms with Gasteiger partial charge in [0, 0.05) is 18.8 Å². The zero-order valence-electron chi connectivity index (χ0n) is 12.8. The van der Waals surface area contributed by atoms with E-state index in [1.165, 1.54) is 42.8 Å². The molecule has 1 fully saturated rings. The van der Waals surface area contributed by atoms with Crippen LogP contribution in [0.3, 0.4) is 0 Å². The van der Waals surface area contributed by atoms with Gasteiger partial charge in [-0.1, -0.05) is 23.4 Å². The maximum Gasteiger partial charge on any atom is 0.234 e. The van der Waals surface area contributed by atoms with Crippen LogP contribution in [0.1, 0.15) is 12.8 Å². The Bertz CT molecular complexity index is 723. The van der Waals surface area contributed by atoms with Crippen molar-refractivity contribution in [3.8, 4) is 0 Å². The maximum absolute atomic E-state index is 13.1. The van der Waals surface area contributed by atoms with Crippen molar-refractivity contribution in [2.45, 2.75) is 17.9 Å². The Hall–Kier alpha value is -1.86. The van der Waals surface area contributed by atoms with Crippen LogP contribution in [-0.4, -0.2) is 34.9 Å². The van der Waals surface area contributed by atoms with Crippen molar-refractivity contribution in [2.24, 2.45) is 0 Å². The number of anilines is 2. The Morgan fingerprint density at radius 3 is 2.71 bits per heavy atom. The van der Waals surface area contributed by atoms with Crippen LogP contribution in [0.25, 0.3) is 0 Å². The Labute approximate surface area is 148 Å². The largest absolute Gasteiger partial charge is 0.355 e. The average molecular weight is 367 g/mol. The number of amides is 1. The lowest BCUT2D eigenvalue weighted by Gasteiger charge is -2.15. The third-order valence-electron chi connectivity index (χ3n) is 3.61. The summed E-state index contributed by atoms with van der Waals surface area (Å²) in [5.41, 5.74) is 0.461. The van der Waals surface area contributed by atoms with E-state index in [1.54, 1.807) is 0 Å². The first kappa shape index (κ1) is 17.0. The molecule has 3 rings (SSSR count). The number of thioether (sulfide) groups is 1. The standard InChI is InChI=1S/C16H16ClFN4OS/c17-12-9-11(3-4-13(12)18)19-15(23)10-24-16-6-5-14(20-21-16)22-7-1-2-8-22/h3-6,9H,1-2,7-8,10H2,(H,19,23). The van der Waals surface area contributed by atoms with E-state index in [-0.39, 0.29) is 16.7 Å². The van der Waals surface area contributed by atoms with Crippen LogP contribution in [0, 0.1) is 5.82 Å². The Kier molecular flexibility index (Phi) is 5.52. The Morgan fingerprint density at radius 2 is 2.04 bits per heavy atom. The molecular formula is C16H16ClFN4OS. The minimum Gasteiger partial charge on any atom is -0.355 e. The lowest BCUT2D eigenvalue weighted by Crippen LogP contribution is -2.19. The van der Waals surface area contributed by atoms with Crippen molar-refractivity contribution in [3.05, 3.63) is 41.2 Å². The predicted octanol–water partition coefficient (Wildman–Crippen LogP) is 3.60. The lowest BCUT2D eigenvalue weighted by atomic mass is 10.3. The second kappa shape index (κ2) is 7.81. The number of aromatic nitrogens is 2.